The van der Waals surface area contributed by atoms with Gasteiger partial charge in [0.05, 0.1) is 101 Å². The van der Waals surface area contributed by atoms with Crippen molar-refractivity contribution in [1.29, 1.82) is 26.3 Å². The lowest BCUT2D eigenvalue weighted by molar-refractivity contribution is 1.07. The van der Waals surface area contributed by atoms with Crippen LogP contribution in [0.5, 0.6) is 0 Å². The minimum atomic E-state index is 0.321. The normalized spacial score (nSPS) is 10.8. The minimum absolute atomic E-state index is 0.321. The lowest BCUT2D eigenvalue weighted by Crippen LogP contribution is -2.02. The van der Waals surface area contributed by atoms with Crippen LogP contribution in [-0.4, -0.2) is 24.1 Å². The minimum Gasteiger partial charge on any atom is -0.309 e. The monoisotopic (exact) mass is 1320 g/mol. The summed E-state index contributed by atoms with van der Waals surface area (Å²) < 4.78 is 4.40. The first-order valence-electron chi connectivity index (χ1n) is 32.6. The number of rotatable bonds is 11. The van der Waals surface area contributed by atoms with E-state index in [9.17, 15) is 26.3 Å². The van der Waals surface area contributed by atoms with E-state index in [4.69, 9.17) is 41.2 Å². The van der Waals surface area contributed by atoms with Gasteiger partial charge in [-0.15, -0.1) is 0 Å². The quantitative estimate of drug-likeness (QED) is 0.115. The molecule has 0 aliphatic carbocycles. The van der Waals surface area contributed by atoms with Crippen LogP contribution in [0.3, 0.4) is 0 Å². The predicted octanol–water partition coefficient (Wildman–Crippen LogP) is 22.6. The molecule has 474 valence electrons. The molecule has 14 heteroatoms. The fraction of sp³-hybridized carbons (Fsp3) is 0. The van der Waals surface area contributed by atoms with Gasteiger partial charge in [-0.25, -0.2) is 34.3 Å². The highest BCUT2D eigenvalue weighted by atomic mass is 15.0. The molecule has 14 nitrogen and oxygen atoms in total. The Morgan fingerprint density at radius 3 is 0.962 bits per heavy atom. The van der Waals surface area contributed by atoms with Crippen molar-refractivity contribution < 1.29 is 0 Å². The lowest BCUT2D eigenvalue weighted by Gasteiger charge is -2.20. The van der Waals surface area contributed by atoms with Crippen LogP contribution < -0.4 is 0 Å². The van der Waals surface area contributed by atoms with Crippen LogP contribution in [0.15, 0.2) is 267 Å². The molecule has 0 saturated carbocycles. The third kappa shape index (κ3) is 11.2. The zero-order valence-corrected chi connectivity index (χ0v) is 54.7. The standard InChI is InChI=1S/C90H44N14/c1-96-71-37-56(51-93)34-68(40-71)62-20-26-84-78(44-62)79-45-63(69-35-57(52-94)38-72(41-69)97-2)21-27-85(79)103(84)82-30-24-66(90-101-88(59-13-7-5-8-14-59)100-89(102-90)60-15-9-6-10-16-60)48-75(82)65-23-29-83(76(47-65)74-17-11-12-18-81(74)99-4)104-86-25-19-61(67-32-54(49-91)31-55(33-67)50-92)43-77(86)80-46-64(22-28-87(80)104)70-36-58(53-95)39-73(42-70)98-3/h5-48H. The first-order valence-corrected chi connectivity index (χ1v) is 32.6. The molecule has 3 aromatic heterocycles. The second kappa shape index (κ2) is 26.0. The molecule has 0 amide bonds. The smallest absolute Gasteiger partial charge is 0.194 e. The Morgan fingerprint density at radius 2 is 0.577 bits per heavy atom. The summed E-state index contributed by atoms with van der Waals surface area (Å²) in [5, 5.41) is 54.1. The first kappa shape index (κ1) is 62.7. The molecule has 0 radical (unpaired) electrons. The molecule has 3 heterocycles. The number of benzene rings is 13. The van der Waals surface area contributed by atoms with Crippen molar-refractivity contribution in [3.63, 3.8) is 0 Å². The molecule has 0 unspecified atom stereocenters. The van der Waals surface area contributed by atoms with Crippen LogP contribution in [0, 0.1) is 82.9 Å². The van der Waals surface area contributed by atoms with Crippen LogP contribution in [0.4, 0.5) is 22.7 Å². The van der Waals surface area contributed by atoms with Crippen LogP contribution in [0.1, 0.15) is 27.8 Å². The summed E-state index contributed by atoms with van der Waals surface area (Å²) in [4.78, 5) is 30.8. The third-order valence-corrected chi connectivity index (χ3v) is 18.6. The van der Waals surface area contributed by atoms with Gasteiger partial charge in [-0.1, -0.05) is 115 Å². The number of hydrogen-bond acceptors (Lipinski definition) is 8. The highest BCUT2D eigenvalue weighted by molar-refractivity contribution is 6.14. The summed E-state index contributed by atoms with van der Waals surface area (Å²) in [5.74, 6) is 1.35. The van der Waals surface area contributed by atoms with E-state index in [0.29, 0.717) is 107 Å². The number of nitrogens with zero attached hydrogens (tertiary/aromatic N) is 14. The van der Waals surface area contributed by atoms with Gasteiger partial charge in [0, 0.05) is 60.5 Å². The summed E-state index contributed by atoms with van der Waals surface area (Å²) >= 11 is 0. The summed E-state index contributed by atoms with van der Waals surface area (Å²) in [5.41, 5.74) is 18.6. The number of hydrogen-bond donors (Lipinski definition) is 0. The highest BCUT2D eigenvalue weighted by Gasteiger charge is 2.25. The topological polar surface area (TPSA) is 185 Å². The number of fused-ring (bicyclic) bond motifs is 6. The zero-order valence-electron chi connectivity index (χ0n) is 54.7. The summed E-state index contributed by atoms with van der Waals surface area (Å²) in [6.45, 7) is 32.6. The molecule has 0 aliphatic rings. The Bertz CT molecular complexity index is 6340. The second-order valence-electron chi connectivity index (χ2n) is 24.7. The van der Waals surface area contributed by atoms with Crippen LogP contribution in [0.2, 0.25) is 0 Å². The van der Waals surface area contributed by atoms with Gasteiger partial charge in [0.25, 0.3) is 0 Å². The molecule has 0 N–H and O–H groups in total. The summed E-state index contributed by atoms with van der Waals surface area (Å²) in [7, 11) is 0. The molecule has 0 spiro atoms. The van der Waals surface area contributed by atoms with Crippen molar-refractivity contribution in [2.75, 3.05) is 0 Å². The van der Waals surface area contributed by atoms with Crippen molar-refractivity contribution in [2.24, 2.45) is 0 Å². The van der Waals surface area contributed by atoms with Crippen molar-refractivity contribution in [2.45, 2.75) is 0 Å². The molecule has 0 fully saturated rings. The van der Waals surface area contributed by atoms with Crippen LogP contribution in [0.25, 0.3) is 175 Å². The SMILES string of the molecule is [C-]#[N+]c1cc(C#N)cc(-c2ccc3c(c2)c2cc(-c4cc(C#N)cc([N+]#[C-])c4)ccc2n3-c2ccc(-c3nc(-c4ccccc4)nc(-c4ccccc4)n3)cc2-c2ccc(-n3c4ccc(-c5cc(C#N)cc(C#N)c5)cc4c4cc(-c5cc(C#N)cc([N+]#[C-])c5)ccc43)c(-c3ccccc3[N+]#[C-])c2)c1. The van der Waals surface area contributed by atoms with E-state index in [1.54, 1.807) is 78.9 Å². The molecule has 104 heavy (non-hydrogen) atoms. The van der Waals surface area contributed by atoms with Crippen molar-refractivity contribution in [3.05, 3.63) is 340 Å². The molecule has 0 bridgehead atoms. The first-order chi connectivity index (χ1) is 51.0. The molecule has 13 aromatic carbocycles. The number of para-hydroxylation sites is 1. The van der Waals surface area contributed by atoms with Gasteiger partial charge >= 0.3 is 0 Å². The Hall–Kier alpha value is -16.1. The van der Waals surface area contributed by atoms with Gasteiger partial charge in [-0.2, -0.15) is 26.3 Å². The third-order valence-electron chi connectivity index (χ3n) is 18.6. The molecular weight excluding hydrogens is 1280 g/mol. The van der Waals surface area contributed by atoms with E-state index in [1.807, 2.05) is 133 Å². The highest BCUT2D eigenvalue weighted by Crippen LogP contribution is 2.47. The average Bonchev–Trinajstić information content (AvgIpc) is 1.57. The molecule has 0 saturated heterocycles. The Morgan fingerprint density at radius 1 is 0.250 bits per heavy atom. The van der Waals surface area contributed by atoms with Gasteiger partial charge in [0.1, 0.15) is 0 Å². The molecule has 0 atom stereocenters. The zero-order chi connectivity index (χ0) is 71.1. The van der Waals surface area contributed by atoms with Gasteiger partial charge < -0.3 is 9.13 Å². The van der Waals surface area contributed by atoms with E-state index in [-0.39, 0.29) is 0 Å². The molecular formula is C90H44N14. The van der Waals surface area contributed by atoms with Crippen molar-refractivity contribution in [3.8, 4) is 143 Å². The maximum absolute atomic E-state index is 10.2. The summed E-state index contributed by atoms with van der Waals surface area (Å²) in [6, 6.07) is 95.4. The fourth-order valence-corrected chi connectivity index (χ4v) is 13.9. The van der Waals surface area contributed by atoms with Crippen molar-refractivity contribution >= 4 is 66.4 Å². The predicted molar refractivity (Wildman–Crippen MR) is 406 cm³/mol. The maximum Gasteiger partial charge on any atom is 0.194 e. The van der Waals surface area contributed by atoms with E-state index < -0.39 is 0 Å². The Kier molecular flexibility index (Phi) is 15.7. The molecule has 16 rings (SSSR count). The fourth-order valence-electron chi connectivity index (χ4n) is 13.9. The number of aromatic nitrogens is 5. The Labute approximate surface area is 596 Å². The number of nitriles is 5. The second-order valence-corrected chi connectivity index (χ2v) is 24.7. The average molecular weight is 1320 g/mol. The molecule has 16 aromatic rings. The maximum atomic E-state index is 10.2. The van der Waals surface area contributed by atoms with E-state index in [0.717, 1.165) is 99.5 Å². The van der Waals surface area contributed by atoms with Crippen molar-refractivity contribution in [1.82, 2.24) is 24.1 Å². The largest absolute Gasteiger partial charge is 0.309 e. The van der Waals surface area contributed by atoms with Gasteiger partial charge in [-0.05, 0) is 213 Å². The van der Waals surface area contributed by atoms with Gasteiger partial charge in [-0.3, -0.25) is 0 Å². The van der Waals surface area contributed by atoms with Gasteiger partial charge in [0.15, 0.2) is 40.2 Å². The van der Waals surface area contributed by atoms with Crippen LogP contribution in [-0.2, 0) is 0 Å². The summed E-state index contributed by atoms with van der Waals surface area (Å²) in [6.07, 6.45) is 0. The van der Waals surface area contributed by atoms with Crippen LogP contribution >= 0.6 is 0 Å². The lowest BCUT2D eigenvalue weighted by atomic mass is 9.94. The molecule has 0 aliphatic heterocycles. The van der Waals surface area contributed by atoms with E-state index in [2.05, 4.69) is 113 Å². The Balaban J connectivity index is 0.991. The van der Waals surface area contributed by atoms with Gasteiger partial charge in [0.2, 0.25) is 0 Å². The van der Waals surface area contributed by atoms with E-state index >= 15 is 0 Å². The van der Waals surface area contributed by atoms with E-state index in [1.165, 1.54) is 0 Å².